The van der Waals surface area contributed by atoms with E-state index in [2.05, 4.69) is 223 Å². The summed E-state index contributed by atoms with van der Waals surface area (Å²) in [5, 5.41) is 0. The van der Waals surface area contributed by atoms with E-state index < -0.39 is 25.8 Å². The van der Waals surface area contributed by atoms with Crippen molar-refractivity contribution in [1.82, 2.24) is 0 Å². The number of furan rings is 2. The first-order valence-corrected chi connectivity index (χ1v) is 33.4. The van der Waals surface area contributed by atoms with Crippen LogP contribution in [-0.4, -0.2) is 5.43 Å². The second-order valence-electron chi connectivity index (χ2n) is 24.3. The summed E-state index contributed by atoms with van der Waals surface area (Å²) in [6, 6.07) is 29.0. The van der Waals surface area contributed by atoms with Crippen molar-refractivity contribution in [3.8, 4) is 22.3 Å². The van der Waals surface area contributed by atoms with Crippen molar-refractivity contribution in [2.75, 3.05) is 0 Å². The SMILES string of the molecule is Cc1ccc(C2=Cc3c(cc(C)c(C)c3-c3cc(C(C)(C)C)cc(C(C)(C)C)c3)[CH]2[Zr+2]([CH]2C(c3ccc(C)o3)=Cc3c2cc(C)c(C)c3-c2cc(C(C)(C)C)cc(C(C)(C)C)c2)=[Si](C)C)o1.[Cl-].[Cl-]. The van der Waals surface area contributed by atoms with Crippen molar-refractivity contribution in [2.45, 2.75) is 167 Å². The number of rotatable bonds is 6. The molecule has 2 aromatic heterocycles. The van der Waals surface area contributed by atoms with Gasteiger partial charge in [-0.2, -0.15) is 0 Å². The van der Waals surface area contributed by atoms with Crippen molar-refractivity contribution in [3.05, 3.63) is 163 Å². The zero-order valence-electron chi connectivity index (χ0n) is 44.8. The third-order valence-corrected chi connectivity index (χ3v) is 34.0. The second kappa shape index (κ2) is 19.0. The van der Waals surface area contributed by atoms with Crippen LogP contribution in [0.2, 0.25) is 13.1 Å². The smallest absolute Gasteiger partial charge is 1.00 e. The topological polar surface area (TPSA) is 26.3 Å². The van der Waals surface area contributed by atoms with Gasteiger partial charge in [-0.25, -0.2) is 0 Å². The fraction of sp³-hybridized carbons (Fsp3) is 0.419. The number of aryl methyl sites for hydroxylation is 4. The molecule has 6 aromatic rings. The molecular weight excluding hydrogens is 967 g/mol. The van der Waals surface area contributed by atoms with E-state index in [1.165, 1.54) is 100 Å². The third-order valence-electron chi connectivity index (χ3n) is 14.8. The summed E-state index contributed by atoms with van der Waals surface area (Å²) in [4.78, 5) is 0. The maximum Gasteiger partial charge on any atom is -1.00 e. The van der Waals surface area contributed by atoms with Crippen molar-refractivity contribution in [1.29, 1.82) is 0 Å². The Hall–Kier alpha value is -3.40. The fourth-order valence-electron chi connectivity index (χ4n) is 10.6. The van der Waals surface area contributed by atoms with Gasteiger partial charge in [0.1, 0.15) is 0 Å². The molecule has 68 heavy (non-hydrogen) atoms. The second-order valence-corrected chi connectivity index (χ2v) is 42.2. The van der Waals surface area contributed by atoms with Gasteiger partial charge in [0, 0.05) is 0 Å². The molecule has 6 heteroatoms. The van der Waals surface area contributed by atoms with Crippen molar-refractivity contribution < 1.29 is 54.0 Å². The molecule has 0 fully saturated rings. The van der Waals surface area contributed by atoms with Crippen LogP contribution < -0.4 is 24.8 Å². The average molecular weight is 1040 g/mol. The molecule has 358 valence electrons. The van der Waals surface area contributed by atoms with E-state index in [9.17, 15) is 0 Å². The van der Waals surface area contributed by atoms with Gasteiger partial charge in [-0.1, -0.05) is 0 Å². The maximum absolute atomic E-state index is 6.77. The number of allylic oxidation sites excluding steroid dienone is 2. The van der Waals surface area contributed by atoms with Crippen LogP contribution in [0.5, 0.6) is 0 Å². The summed E-state index contributed by atoms with van der Waals surface area (Å²) in [6.07, 6.45) is 5.17. The minimum atomic E-state index is -2.84. The van der Waals surface area contributed by atoms with Gasteiger partial charge in [-0.3, -0.25) is 0 Å². The first-order chi connectivity index (χ1) is 30.5. The Morgan fingerprint density at radius 1 is 0.441 bits per heavy atom. The molecule has 2 nitrogen and oxygen atoms in total. The van der Waals surface area contributed by atoms with Gasteiger partial charge >= 0.3 is 409 Å². The van der Waals surface area contributed by atoms with E-state index in [0.29, 0.717) is 7.25 Å². The van der Waals surface area contributed by atoms with Crippen molar-refractivity contribution in [3.63, 3.8) is 0 Å². The van der Waals surface area contributed by atoms with Crippen LogP contribution in [0.15, 0.2) is 81.6 Å². The van der Waals surface area contributed by atoms with Gasteiger partial charge in [0.15, 0.2) is 0 Å². The third kappa shape index (κ3) is 9.94. The molecule has 2 atom stereocenters. The minimum Gasteiger partial charge on any atom is -1.00 e. The van der Waals surface area contributed by atoms with Crippen LogP contribution in [0.4, 0.5) is 0 Å². The Kier molecular flexibility index (Phi) is 15.1. The van der Waals surface area contributed by atoms with Gasteiger partial charge in [-0.05, 0) is 0 Å². The number of hydrogen-bond acceptors (Lipinski definition) is 2. The molecule has 0 radical (unpaired) electrons. The number of halogens is 2. The predicted molar refractivity (Wildman–Crippen MR) is 283 cm³/mol. The molecule has 2 aliphatic rings. The molecule has 8 rings (SSSR count). The van der Waals surface area contributed by atoms with E-state index in [0.717, 1.165) is 23.0 Å². The van der Waals surface area contributed by atoms with Crippen LogP contribution >= 0.6 is 0 Å². The zero-order chi connectivity index (χ0) is 48.3. The largest absolute Gasteiger partial charge is 1.00 e. The Bertz CT molecular complexity index is 2780. The Labute approximate surface area is 430 Å². The normalized spacial score (nSPS) is 15.8. The summed E-state index contributed by atoms with van der Waals surface area (Å²) in [6.45, 7) is 47.2. The summed E-state index contributed by atoms with van der Waals surface area (Å²) in [5.74, 6) is 3.99. The first-order valence-electron chi connectivity index (χ1n) is 24.4. The molecule has 0 saturated carbocycles. The Balaban J connectivity index is 0.00000381. The van der Waals surface area contributed by atoms with Gasteiger partial charge in [-0.15, -0.1) is 0 Å². The first kappa shape index (κ1) is 53.9. The molecule has 2 unspecified atom stereocenters. The number of hydrogen-bond donors (Lipinski definition) is 0. The number of benzene rings is 4. The molecule has 2 aliphatic carbocycles. The van der Waals surface area contributed by atoms with Gasteiger partial charge in [0.25, 0.3) is 0 Å². The Morgan fingerprint density at radius 2 is 0.750 bits per heavy atom. The molecule has 0 bridgehead atoms. The van der Waals surface area contributed by atoms with Gasteiger partial charge < -0.3 is 24.8 Å². The van der Waals surface area contributed by atoms with E-state index >= 15 is 0 Å². The van der Waals surface area contributed by atoms with Crippen LogP contribution in [0.25, 0.3) is 45.6 Å². The molecule has 4 aromatic carbocycles. The summed E-state index contributed by atoms with van der Waals surface area (Å²) in [7, 11) is 0. The molecular formula is C62H76Cl2O2SiZr. The van der Waals surface area contributed by atoms with E-state index in [-0.39, 0.29) is 46.5 Å². The van der Waals surface area contributed by atoms with Crippen molar-refractivity contribution >= 4 is 28.7 Å². The van der Waals surface area contributed by atoms with Crippen LogP contribution in [0.3, 0.4) is 0 Å². The predicted octanol–water partition coefficient (Wildman–Crippen LogP) is 12.0. The van der Waals surface area contributed by atoms with Crippen LogP contribution in [0, 0.1) is 41.5 Å². The molecule has 0 saturated heterocycles. The quantitative estimate of drug-likeness (QED) is 0.155. The standard InChI is InChI=1S/2C30H35O.C2H6Si.2ClH.Zr/c2*1-18-12-21-13-22(27-11-10-19(2)31-27)16-26(21)28(20(18)3)23-14-24(29(4,5)6)17-25(15-23)30(7,8)9;1-3-2;;;/h2*10-17H,1-9H3;1-2H3;2*1H;/q;;;;;+2/p-2. The Morgan fingerprint density at radius 3 is 1.00 bits per heavy atom. The van der Waals surface area contributed by atoms with Gasteiger partial charge in [0.2, 0.25) is 0 Å². The summed E-state index contributed by atoms with van der Waals surface area (Å²) < 4.78 is 14.1. The molecule has 0 amide bonds. The van der Waals surface area contributed by atoms with E-state index in [4.69, 9.17) is 8.83 Å². The molecule has 0 aliphatic heterocycles. The minimum absolute atomic E-state index is 0. The summed E-state index contributed by atoms with van der Waals surface area (Å²) in [5.41, 5.74) is 24.2. The van der Waals surface area contributed by atoms with Crippen molar-refractivity contribution in [2.24, 2.45) is 0 Å². The molecule has 2 heterocycles. The van der Waals surface area contributed by atoms with E-state index in [1.54, 1.807) is 0 Å². The number of fused-ring (bicyclic) bond motifs is 2. The molecule has 0 N–H and O–H groups in total. The summed E-state index contributed by atoms with van der Waals surface area (Å²) >= 11 is -2.84. The van der Waals surface area contributed by atoms with Crippen LogP contribution in [-0.2, 0) is 42.0 Å². The molecule has 0 spiro atoms. The maximum atomic E-state index is 6.77. The van der Waals surface area contributed by atoms with Gasteiger partial charge in [0.05, 0.1) is 0 Å². The zero-order valence-corrected chi connectivity index (χ0v) is 49.8. The van der Waals surface area contributed by atoms with E-state index in [1.807, 2.05) is 0 Å². The van der Waals surface area contributed by atoms with Crippen LogP contribution in [0.1, 0.15) is 180 Å². The average Bonchev–Trinajstić information content (AvgIpc) is 4.00. The fourth-order valence-corrected chi connectivity index (χ4v) is 30.3. The monoisotopic (exact) mass is 1040 g/mol.